The fourth-order valence-electron chi connectivity index (χ4n) is 5.32. The van der Waals surface area contributed by atoms with Crippen molar-refractivity contribution in [3.05, 3.63) is 126 Å². The van der Waals surface area contributed by atoms with Crippen LogP contribution in [0.1, 0.15) is 27.6 Å². The van der Waals surface area contributed by atoms with Crippen molar-refractivity contribution in [2.45, 2.75) is 18.7 Å². The van der Waals surface area contributed by atoms with E-state index in [1.165, 1.54) is 11.8 Å². The van der Waals surface area contributed by atoms with E-state index in [9.17, 15) is 9.59 Å². The van der Waals surface area contributed by atoms with Crippen LogP contribution in [-0.2, 0) is 16.1 Å². The van der Waals surface area contributed by atoms with E-state index in [4.69, 9.17) is 9.84 Å². The Morgan fingerprint density at radius 2 is 1.72 bits per heavy atom. The molecule has 9 heteroatoms. The van der Waals surface area contributed by atoms with Crippen molar-refractivity contribution in [1.82, 2.24) is 20.1 Å². The lowest BCUT2D eigenvalue weighted by Crippen LogP contribution is -2.42. The SMILES string of the molecule is COc1ccccc1[C@@H]1SCC(=O)N(CC(=O)NCc2ccccn2)c2c1c(-c1ccccc1)nn2-c1ccccc1C. The second kappa shape index (κ2) is 12.5. The van der Waals surface area contributed by atoms with Crippen LogP contribution in [0.3, 0.4) is 0 Å². The van der Waals surface area contributed by atoms with Crippen molar-refractivity contribution >= 4 is 29.4 Å². The van der Waals surface area contributed by atoms with E-state index in [1.807, 2.05) is 109 Å². The summed E-state index contributed by atoms with van der Waals surface area (Å²) in [6, 6.07) is 31.3. The minimum absolute atomic E-state index is 0.163. The molecule has 8 nitrogen and oxygen atoms in total. The second-order valence-corrected chi connectivity index (χ2v) is 11.3. The Morgan fingerprint density at radius 3 is 2.49 bits per heavy atom. The quantitative estimate of drug-likeness (QED) is 0.249. The Balaban J connectivity index is 1.55. The first-order valence-corrected chi connectivity index (χ1v) is 15.1. The third kappa shape index (κ3) is 5.76. The summed E-state index contributed by atoms with van der Waals surface area (Å²) in [6.07, 6.45) is 1.69. The standard InChI is InChI=1S/C34H31N5O3S/c1-23-12-6-8-17-27(23)39-34-31(32(37-39)24-13-4-3-5-14-24)33(26-16-7-9-18-28(26)42-2)43-22-30(41)38(34)21-29(40)36-20-25-15-10-11-19-35-25/h3-19,33H,20-22H2,1-2H3,(H,36,40)/t33-/m0/s1. The number of fused-ring (bicyclic) bond motifs is 1. The van der Waals surface area contributed by atoms with Crippen LogP contribution in [0.2, 0.25) is 0 Å². The lowest BCUT2D eigenvalue weighted by molar-refractivity contribution is -0.123. The molecular weight excluding hydrogens is 558 g/mol. The van der Waals surface area contributed by atoms with Gasteiger partial charge in [0.05, 0.1) is 41.7 Å². The molecule has 0 bridgehead atoms. The fraction of sp³-hybridized carbons (Fsp3) is 0.176. The minimum atomic E-state index is -0.288. The second-order valence-electron chi connectivity index (χ2n) is 10.2. The van der Waals surface area contributed by atoms with E-state index in [0.717, 1.165) is 45.1 Å². The van der Waals surface area contributed by atoms with E-state index in [2.05, 4.69) is 10.3 Å². The third-order valence-corrected chi connectivity index (χ3v) is 8.63. The summed E-state index contributed by atoms with van der Waals surface area (Å²) in [6.45, 7) is 2.11. The van der Waals surface area contributed by atoms with E-state index in [-0.39, 0.29) is 35.9 Å². The molecule has 3 aromatic carbocycles. The van der Waals surface area contributed by atoms with Gasteiger partial charge in [-0.15, -0.1) is 11.8 Å². The van der Waals surface area contributed by atoms with Crippen LogP contribution in [0.25, 0.3) is 16.9 Å². The van der Waals surface area contributed by atoms with E-state index in [0.29, 0.717) is 5.82 Å². The molecule has 1 aliphatic heterocycles. The Hall–Kier alpha value is -4.89. The Morgan fingerprint density at radius 1 is 0.977 bits per heavy atom. The molecule has 2 aromatic heterocycles. The number of amides is 2. The lowest BCUT2D eigenvalue weighted by atomic mass is 9.99. The van der Waals surface area contributed by atoms with Gasteiger partial charge < -0.3 is 10.1 Å². The lowest BCUT2D eigenvalue weighted by Gasteiger charge is -2.24. The Kier molecular flexibility index (Phi) is 8.24. The summed E-state index contributed by atoms with van der Waals surface area (Å²) in [5.41, 5.74) is 6.01. The van der Waals surface area contributed by atoms with Crippen molar-refractivity contribution < 1.29 is 14.3 Å². The molecule has 1 aliphatic rings. The number of anilines is 1. The van der Waals surface area contributed by atoms with Crippen molar-refractivity contribution in [2.24, 2.45) is 0 Å². The predicted octanol–water partition coefficient (Wildman–Crippen LogP) is 5.74. The first kappa shape index (κ1) is 28.2. The molecule has 0 aliphatic carbocycles. The number of nitrogens with one attached hydrogen (secondary N) is 1. The van der Waals surface area contributed by atoms with E-state index < -0.39 is 0 Å². The molecule has 1 N–H and O–H groups in total. The van der Waals surface area contributed by atoms with Gasteiger partial charge in [0.25, 0.3) is 0 Å². The van der Waals surface area contributed by atoms with Crippen LogP contribution >= 0.6 is 11.8 Å². The number of hydrogen-bond donors (Lipinski definition) is 1. The minimum Gasteiger partial charge on any atom is -0.496 e. The Labute approximate surface area is 254 Å². The summed E-state index contributed by atoms with van der Waals surface area (Å²) in [5.74, 6) is 1.01. The summed E-state index contributed by atoms with van der Waals surface area (Å²) in [5, 5.41) is 7.83. The van der Waals surface area contributed by atoms with Gasteiger partial charge in [-0.25, -0.2) is 4.68 Å². The van der Waals surface area contributed by atoms with Crippen LogP contribution in [0, 0.1) is 6.92 Å². The number of para-hydroxylation sites is 2. The zero-order chi connectivity index (χ0) is 29.8. The summed E-state index contributed by atoms with van der Waals surface area (Å²) < 4.78 is 7.62. The largest absolute Gasteiger partial charge is 0.496 e. The van der Waals surface area contributed by atoms with Gasteiger partial charge in [-0.05, 0) is 36.8 Å². The van der Waals surface area contributed by atoms with Gasteiger partial charge in [0.15, 0.2) is 0 Å². The van der Waals surface area contributed by atoms with Crippen molar-refractivity contribution in [1.29, 1.82) is 0 Å². The molecule has 0 saturated heterocycles. The molecule has 43 heavy (non-hydrogen) atoms. The number of nitrogens with zero attached hydrogens (tertiary/aromatic N) is 4. The molecule has 0 fully saturated rings. The predicted molar refractivity (Wildman–Crippen MR) is 169 cm³/mol. The van der Waals surface area contributed by atoms with Crippen LogP contribution in [-0.4, -0.2) is 46.0 Å². The zero-order valence-corrected chi connectivity index (χ0v) is 24.8. The number of thioether (sulfide) groups is 1. The average Bonchev–Trinajstić information content (AvgIpc) is 3.37. The molecule has 3 heterocycles. The van der Waals surface area contributed by atoms with E-state index >= 15 is 0 Å². The number of rotatable bonds is 8. The third-order valence-electron chi connectivity index (χ3n) is 7.40. The molecule has 0 saturated carbocycles. The first-order chi connectivity index (χ1) is 21.0. The van der Waals surface area contributed by atoms with Crippen LogP contribution in [0.15, 0.2) is 103 Å². The topological polar surface area (TPSA) is 89.3 Å². The molecule has 0 unspecified atom stereocenters. The van der Waals surface area contributed by atoms with Gasteiger partial charge in [0.2, 0.25) is 11.8 Å². The van der Waals surface area contributed by atoms with Gasteiger partial charge in [0, 0.05) is 22.9 Å². The van der Waals surface area contributed by atoms with Gasteiger partial charge >= 0.3 is 0 Å². The summed E-state index contributed by atoms with van der Waals surface area (Å²) >= 11 is 1.51. The number of ether oxygens (including phenoxy) is 1. The Bertz CT molecular complexity index is 1760. The number of aromatic nitrogens is 3. The number of aryl methyl sites for hydroxylation is 1. The van der Waals surface area contributed by atoms with Gasteiger partial charge in [-0.3, -0.25) is 19.5 Å². The monoisotopic (exact) mass is 589 g/mol. The van der Waals surface area contributed by atoms with Gasteiger partial charge in [0.1, 0.15) is 18.1 Å². The number of methoxy groups -OCH3 is 1. The molecule has 5 aromatic rings. The number of benzene rings is 3. The highest BCUT2D eigenvalue weighted by Gasteiger charge is 2.38. The molecule has 0 spiro atoms. The van der Waals surface area contributed by atoms with Crippen LogP contribution < -0.4 is 15.0 Å². The van der Waals surface area contributed by atoms with Gasteiger partial charge in [-0.2, -0.15) is 5.10 Å². The molecule has 6 rings (SSSR count). The normalized spacial score (nSPS) is 14.6. The molecular formula is C34H31N5O3S. The zero-order valence-electron chi connectivity index (χ0n) is 23.9. The fourth-order valence-corrected chi connectivity index (χ4v) is 6.54. The number of carbonyl (C=O) groups excluding carboxylic acids is 2. The number of pyridine rings is 1. The summed E-state index contributed by atoms with van der Waals surface area (Å²) in [4.78, 5) is 33.3. The molecule has 2 amide bonds. The maximum absolute atomic E-state index is 14.0. The van der Waals surface area contributed by atoms with Gasteiger partial charge in [-0.1, -0.05) is 72.8 Å². The van der Waals surface area contributed by atoms with Crippen LogP contribution in [0.5, 0.6) is 5.75 Å². The maximum atomic E-state index is 14.0. The molecule has 216 valence electrons. The maximum Gasteiger partial charge on any atom is 0.240 e. The van der Waals surface area contributed by atoms with Crippen molar-refractivity contribution in [3.8, 4) is 22.7 Å². The van der Waals surface area contributed by atoms with E-state index in [1.54, 1.807) is 18.2 Å². The highest BCUT2D eigenvalue weighted by atomic mass is 32.2. The van der Waals surface area contributed by atoms with Crippen molar-refractivity contribution in [2.75, 3.05) is 24.3 Å². The molecule has 1 atom stereocenters. The highest BCUT2D eigenvalue weighted by Crippen LogP contribution is 2.50. The highest BCUT2D eigenvalue weighted by molar-refractivity contribution is 8.00. The smallest absolute Gasteiger partial charge is 0.240 e. The number of carbonyl (C=O) groups is 2. The van der Waals surface area contributed by atoms with Crippen LogP contribution in [0.4, 0.5) is 5.82 Å². The molecule has 0 radical (unpaired) electrons. The van der Waals surface area contributed by atoms with Crippen molar-refractivity contribution in [3.63, 3.8) is 0 Å². The summed E-state index contributed by atoms with van der Waals surface area (Å²) in [7, 11) is 1.65. The number of hydrogen-bond acceptors (Lipinski definition) is 6. The first-order valence-electron chi connectivity index (χ1n) is 14.0. The average molecular weight is 590 g/mol.